The maximum Gasteiger partial charge on any atom is 0.309 e. The van der Waals surface area contributed by atoms with Crippen molar-refractivity contribution in [2.45, 2.75) is 129 Å². The van der Waals surface area contributed by atoms with E-state index in [1.807, 2.05) is 20.8 Å². The first-order valence-corrected chi connectivity index (χ1v) is 16.5. The zero-order valence-corrected chi connectivity index (χ0v) is 28.5. The molecule has 0 radical (unpaired) electrons. The number of esters is 1. The van der Waals surface area contributed by atoms with Gasteiger partial charge in [-0.15, -0.1) is 6.58 Å². The predicted octanol–water partition coefficient (Wildman–Crippen LogP) is 5.99. The zero-order valence-electron chi connectivity index (χ0n) is 28.5. The minimum atomic E-state index is -0.621. The number of ether oxygens (including phenoxy) is 4. The lowest BCUT2D eigenvalue weighted by molar-refractivity contribution is -0.189. The zero-order chi connectivity index (χ0) is 33.0. The molecule has 0 aromatic heterocycles. The number of hydrogen-bond acceptors (Lipinski definition) is 8. The summed E-state index contributed by atoms with van der Waals surface area (Å²) in [5, 5.41) is 21.1. The number of rotatable bonds is 18. The molecule has 1 aliphatic heterocycles. The van der Waals surface area contributed by atoms with Crippen LogP contribution < -0.4 is 0 Å². The molecule has 11 atom stereocenters. The monoisotopic (exact) mass is 620 g/mol. The van der Waals surface area contributed by atoms with Crippen molar-refractivity contribution >= 4 is 11.8 Å². The van der Waals surface area contributed by atoms with E-state index < -0.39 is 18.3 Å². The summed E-state index contributed by atoms with van der Waals surface area (Å²) in [6.07, 6.45) is 9.82. The second-order valence-corrected chi connectivity index (χ2v) is 13.5. The number of methoxy groups -OCH3 is 3. The smallest absolute Gasteiger partial charge is 0.309 e. The van der Waals surface area contributed by atoms with Gasteiger partial charge in [0.15, 0.2) is 6.10 Å². The molecule has 1 heterocycles. The standard InChI is InChI=1S/C36H60O8/c1-10-11-28(17-22(2)16-23(3)18-32(42-8)35-33(43-9)20-26(6)36(40)44-35)29(37)14-12-24(4)34(39)25(5)19-27-13-15-30(38)31(21-27)41-7/h10,17,19,23-24,26-28,30-35,38-39H,1,11-16,18,20-21H2,2-9H3. The highest BCUT2D eigenvalue weighted by molar-refractivity contribution is 5.83. The van der Waals surface area contributed by atoms with Crippen LogP contribution in [0.15, 0.2) is 36.0 Å². The molecule has 8 nitrogen and oxygen atoms in total. The lowest BCUT2D eigenvalue weighted by atomic mass is 9.82. The maximum absolute atomic E-state index is 13.3. The Bertz CT molecular complexity index is 973. The second-order valence-electron chi connectivity index (χ2n) is 13.5. The van der Waals surface area contributed by atoms with E-state index >= 15 is 0 Å². The molecule has 0 spiro atoms. The fraction of sp³-hybridized carbons (Fsp3) is 0.778. The highest BCUT2D eigenvalue weighted by Crippen LogP contribution is 2.32. The minimum Gasteiger partial charge on any atom is -0.457 e. The first kappa shape index (κ1) is 38.3. The molecule has 11 unspecified atom stereocenters. The molecule has 252 valence electrons. The third-order valence-electron chi connectivity index (χ3n) is 9.65. The summed E-state index contributed by atoms with van der Waals surface area (Å²) >= 11 is 0. The van der Waals surface area contributed by atoms with Gasteiger partial charge < -0.3 is 29.2 Å². The van der Waals surface area contributed by atoms with Crippen molar-refractivity contribution in [3.8, 4) is 0 Å². The molecule has 44 heavy (non-hydrogen) atoms. The van der Waals surface area contributed by atoms with Gasteiger partial charge in [0.25, 0.3) is 0 Å². The molecule has 0 amide bonds. The fourth-order valence-electron chi connectivity index (χ4n) is 6.91. The number of cyclic esters (lactones) is 1. The Labute approximate surface area is 266 Å². The molecule has 8 heteroatoms. The number of allylic oxidation sites excluding steroid dienone is 4. The van der Waals surface area contributed by atoms with Crippen molar-refractivity contribution in [3.63, 3.8) is 0 Å². The summed E-state index contributed by atoms with van der Waals surface area (Å²) < 4.78 is 22.6. The first-order chi connectivity index (χ1) is 20.8. The number of aliphatic hydroxyl groups excluding tert-OH is 2. The largest absolute Gasteiger partial charge is 0.457 e. The normalized spacial score (nSPS) is 30.2. The van der Waals surface area contributed by atoms with Crippen LogP contribution in [-0.4, -0.2) is 79.9 Å². The number of Topliss-reactive ketones (excluding diaryl/α,β-unsaturated/α-hetero) is 1. The van der Waals surface area contributed by atoms with Crippen LogP contribution in [0.5, 0.6) is 0 Å². The number of carbonyl (C=O) groups is 2. The Morgan fingerprint density at radius 3 is 2.41 bits per heavy atom. The van der Waals surface area contributed by atoms with Crippen molar-refractivity contribution in [3.05, 3.63) is 36.0 Å². The maximum atomic E-state index is 13.3. The molecule has 1 saturated heterocycles. The Kier molecular flexibility index (Phi) is 16.5. The average molecular weight is 621 g/mol. The third-order valence-corrected chi connectivity index (χ3v) is 9.65. The Morgan fingerprint density at radius 2 is 1.80 bits per heavy atom. The molecular weight excluding hydrogens is 560 g/mol. The average Bonchev–Trinajstić information content (AvgIpc) is 2.99. The van der Waals surface area contributed by atoms with E-state index in [-0.39, 0.29) is 59.7 Å². The minimum absolute atomic E-state index is 0.0594. The summed E-state index contributed by atoms with van der Waals surface area (Å²) in [6, 6.07) is 0. The van der Waals surface area contributed by atoms with Crippen molar-refractivity contribution in [2.24, 2.45) is 29.6 Å². The van der Waals surface area contributed by atoms with Crippen molar-refractivity contribution in [1.29, 1.82) is 0 Å². The van der Waals surface area contributed by atoms with Crippen LogP contribution in [0.25, 0.3) is 0 Å². The van der Waals surface area contributed by atoms with E-state index in [9.17, 15) is 19.8 Å². The highest BCUT2D eigenvalue weighted by atomic mass is 16.6. The molecule has 0 aromatic carbocycles. The van der Waals surface area contributed by atoms with E-state index in [0.29, 0.717) is 38.5 Å². The summed E-state index contributed by atoms with van der Waals surface area (Å²) in [4.78, 5) is 25.6. The van der Waals surface area contributed by atoms with Gasteiger partial charge in [0.2, 0.25) is 0 Å². The van der Waals surface area contributed by atoms with E-state index in [1.165, 1.54) is 0 Å². The lowest BCUT2D eigenvalue weighted by Crippen LogP contribution is -2.49. The number of carbonyl (C=O) groups excluding carboxylic acids is 2. The SMILES string of the molecule is C=CCC(C=C(C)CC(C)CC(OC)C1OC(=O)C(C)CC1OC)C(=O)CCC(C)C(O)C(C)=CC1CCC(O)C(OC)C1. The molecule has 0 bridgehead atoms. The molecule has 2 N–H and O–H groups in total. The van der Waals surface area contributed by atoms with Gasteiger partial charge in [0.05, 0.1) is 36.4 Å². The Morgan fingerprint density at radius 1 is 1.11 bits per heavy atom. The summed E-state index contributed by atoms with van der Waals surface area (Å²) in [7, 11) is 4.92. The van der Waals surface area contributed by atoms with Crippen molar-refractivity contribution < 1.29 is 38.7 Å². The molecule has 0 aromatic rings. The summed E-state index contributed by atoms with van der Waals surface area (Å²) in [5.74, 6) is -0.0538. The first-order valence-electron chi connectivity index (χ1n) is 16.5. The van der Waals surface area contributed by atoms with E-state index in [2.05, 4.69) is 32.6 Å². The Hall–Kier alpha value is -1.84. The van der Waals surface area contributed by atoms with Crippen LogP contribution in [0.2, 0.25) is 0 Å². The van der Waals surface area contributed by atoms with Crippen LogP contribution >= 0.6 is 0 Å². The number of hydrogen-bond donors (Lipinski definition) is 2. The van der Waals surface area contributed by atoms with Crippen LogP contribution in [0.4, 0.5) is 0 Å². The van der Waals surface area contributed by atoms with Gasteiger partial charge in [-0.25, -0.2) is 0 Å². The third kappa shape index (κ3) is 11.5. The van der Waals surface area contributed by atoms with Crippen LogP contribution in [0.1, 0.15) is 92.4 Å². The molecular formula is C36H60O8. The van der Waals surface area contributed by atoms with Gasteiger partial charge in [-0.05, 0) is 88.5 Å². The molecule has 2 fully saturated rings. The topological polar surface area (TPSA) is 112 Å². The quantitative estimate of drug-likeness (QED) is 0.142. The van der Waals surface area contributed by atoms with Gasteiger partial charge in [-0.2, -0.15) is 0 Å². The number of ketones is 1. The van der Waals surface area contributed by atoms with Gasteiger partial charge in [0, 0.05) is 33.7 Å². The highest BCUT2D eigenvalue weighted by Gasteiger charge is 2.41. The number of aliphatic hydroxyl groups is 2. The van der Waals surface area contributed by atoms with E-state index in [1.54, 1.807) is 27.4 Å². The molecule has 2 aliphatic rings. The van der Waals surface area contributed by atoms with Gasteiger partial charge in [-0.1, -0.05) is 44.6 Å². The predicted molar refractivity (Wildman–Crippen MR) is 173 cm³/mol. The van der Waals surface area contributed by atoms with Crippen LogP contribution in [0, 0.1) is 29.6 Å². The Balaban J connectivity index is 1.94. The molecule has 1 aliphatic carbocycles. The van der Waals surface area contributed by atoms with E-state index in [0.717, 1.165) is 30.4 Å². The van der Waals surface area contributed by atoms with Gasteiger partial charge in [0.1, 0.15) is 5.78 Å². The second kappa shape index (κ2) is 19.0. The van der Waals surface area contributed by atoms with E-state index in [4.69, 9.17) is 18.9 Å². The van der Waals surface area contributed by atoms with Gasteiger partial charge >= 0.3 is 5.97 Å². The fourth-order valence-corrected chi connectivity index (χ4v) is 6.91. The van der Waals surface area contributed by atoms with Crippen molar-refractivity contribution in [1.82, 2.24) is 0 Å². The lowest BCUT2D eigenvalue weighted by Gasteiger charge is -2.38. The summed E-state index contributed by atoms with van der Waals surface area (Å²) in [5.41, 5.74) is 2.04. The summed E-state index contributed by atoms with van der Waals surface area (Å²) in [6.45, 7) is 13.9. The van der Waals surface area contributed by atoms with Crippen LogP contribution in [0.3, 0.4) is 0 Å². The van der Waals surface area contributed by atoms with Gasteiger partial charge in [-0.3, -0.25) is 9.59 Å². The molecule has 2 rings (SSSR count). The van der Waals surface area contributed by atoms with Crippen LogP contribution in [-0.2, 0) is 28.5 Å². The molecule has 1 saturated carbocycles. The van der Waals surface area contributed by atoms with Crippen molar-refractivity contribution in [2.75, 3.05) is 21.3 Å².